The maximum absolute atomic E-state index is 13.2. The number of aryl methyl sites for hydroxylation is 3. The van der Waals surface area contributed by atoms with Crippen molar-refractivity contribution in [1.82, 2.24) is 14.9 Å². The average Bonchev–Trinajstić information content (AvgIpc) is 2.90. The Hall–Kier alpha value is -2.53. The van der Waals surface area contributed by atoms with Gasteiger partial charge in [0, 0.05) is 39.9 Å². The number of aromatic nitrogens is 2. The summed E-state index contributed by atoms with van der Waals surface area (Å²) in [6.45, 7) is 12.5. The van der Waals surface area contributed by atoms with Crippen molar-refractivity contribution < 1.29 is 4.79 Å². The van der Waals surface area contributed by atoms with Gasteiger partial charge in [0.05, 0.1) is 11.1 Å². The van der Waals surface area contributed by atoms with E-state index >= 15 is 0 Å². The highest BCUT2D eigenvalue weighted by atomic mass is 35.5. The Balaban J connectivity index is 2.02. The molecule has 1 amide bonds. The minimum atomic E-state index is -0.228. The van der Waals surface area contributed by atoms with Gasteiger partial charge in [-0.15, -0.1) is 0 Å². The molecule has 0 saturated carbocycles. The van der Waals surface area contributed by atoms with Gasteiger partial charge in [0.2, 0.25) is 0 Å². The molecule has 0 aliphatic heterocycles. The van der Waals surface area contributed by atoms with E-state index in [-0.39, 0.29) is 24.1 Å². The number of carbonyl (C=O) groups excluding carboxylic acids is 1. The molecule has 1 aromatic carbocycles. The van der Waals surface area contributed by atoms with Crippen molar-refractivity contribution in [3.05, 3.63) is 67.2 Å². The molecule has 0 bridgehead atoms. The number of pyridine rings is 1. The quantitative estimate of drug-likeness (QED) is 0.555. The lowest BCUT2D eigenvalue weighted by Gasteiger charge is -2.14. The van der Waals surface area contributed by atoms with E-state index in [1.165, 1.54) is 0 Å². The first-order chi connectivity index (χ1) is 14.1. The number of H-pyrrole nitrogens is 1. The van der Waals surface area contributed by atoms with Gasteiger partial charge in [-0.3, -0.25) is 9.59 Å². The van der Waals surface area contributed by atoms with E-state index in [4.69, 9.17) is 11.6 Å². The van der Waals surface area contributed by atoms with Crippen LogP contribution in [0.5, 0.6) is 0 Å². The van der Waals surface area contributed by atoms with Crippen LogP contribution in [0.25, 0.3) is 10.9 Å². The molecule has 160 valence electrons. The molecule has 0 unspecified atom stereocenters. The molecule has 2 aromatic heterocycles. The van der Waals surface area contributed by atoms with Gasteiger partial charge in [0.1, 0.15) is 0 Å². The molecule has 0 radical (unpaired) electrons. The van der Waals surface area contributed by atoms with Crippen molar-refractivity contribution in [1.29, 1.82) is 0 Å². The van der Waals surface area contributed by atoms with Crippen LogP contribution in [-0.4, -0.2) is 15.5 Å². The van der Waals surface area contributed by atoms with Crippen molar-refractivity contribution in [2.24, 2.45) is 0 Å². The van der Waals surface area contributed by atoms with Crippen molar-refractivity contribution in [3.8, 4) is 0 Å². The fraction of sp³-hybridized carbons (Fsp3) is 0.417. The maximum Gasteiger partial charge on any atom is 0.253 e. The van der Waals surface area contributed by atoms with Crippen LogP contribution in [0.3, 0.4) is 0 Å². The van der Waals surface area contributed by atoms with Crippen molar-refractivity contribution in [3.63, 3.8) is 0 Å². The zero-order valence-electron chi connectivity index (χ0n) is 18.6. The van der Waals surface area contributed by atoms with Gasteiger partial charge >= 0.3 is 0 Å². The summed E-state index contributed by atoms with van der Waals surface area (Å²) in [4.78, 5) is 28.5. The highest BCUT2D eigenvalue weighted by Gasteiger charge is 2.21. The molecular formula is C24H30ClN3O2. The van der Waals surface area contributed by atoms with Crippen LogP contribution in [0.1, 0.15) is 71.7 Å². The first kappa shape index (κ1) is 22.2. The van der Waals surface area contributed by atoms with Crippen LogP contribution in [0.2, 0.25) is 5.02 Å². The highest BCUT2D eigenvalue weighted by molar-refractivity contribution is 6.32. The maximum atomic E-state index is 13.2. The summed E-state index contributed by atoms with van der Waals surface area (Å²) < 4.78 is 2.21. The van der Waals surface area contributed by atoms with Crippen LogP contribution in [-0.2, 0) is 13.0 Å². The normalized spacial score (nSPS) is 11.5. The molecule has 0 aliphatic carbocycles. The van der Waals surface area contributed by atoms with Gasteiger partial charge in [-0.05, 0) is 70.4 Å². The molecule has 5 nitrogen and oxygen atoms in total. The second kappa shape index (κ2) is 8.68. The third-order valence-electron chi connectivity index (χ3n) is 5.69. The second-order valence-electron chi connectivity index (χ2n) is 8.24. The van der Waals surface area contributed by atoms with Gasteiger partial charge in [-0.2, -0.15) is 0 Å². The number of fused-ring (bicyclic) bond motifs is 1. The molecule has 6 heteroatoms. The Morgan fingerprint density at radius 3 is 2.53 bits per heavy atom. The van der Waals surface area contributed by atoms with Crippen LogP contribution < -0.4 is 10.9 Å². The van der Waals surface area contributed by atoms with E-state index in [0.717, 1.165) is 46.3 Å². The molecule has 3 rings (SSSR count). The smallest absolute Gasteiger partial charge is 0.253 e. The molecule has 30 heavy (non-hydrogen) atoms. The molecule has 3 aromatic rings. The van der Waals surface area contributed by atoms with E-state index in [0.29, 0.717) is 16.1 Å². The van der Waals surface area contributed by atoms with Crippen molar-refractivity contribution in [2.75, 3.05) is 0 Å². The summed E-state index contributed by atoms with van der Waals surface area (Å²) >= 11 is 6.38. The van der Waals surface area contributed by atoms with Crippen LogP contribution in [0.4, 0.5) is 0 Å². The number of carbonyl (C=O) groups is 1. The molecule has 0 fully saturated rings. The zero-order valence-corrected chi connectivity index (χ0v) is 19.3. The third kappa shape index (κ3) is 4.04. The fourth-order valence-electron chi connectivity index (χ4n) is 4.30. The first-order valence-corrected chi connectivity index (χ1v) is 10.8. The summed E-state index contributed by atoms with van der Waals surface area (Å²) in [7, 11) is 0. The Morgan fingerprint density at radius 1 is 1.20 bits per heavy atom. The fourth-order valence-corrected chi connectivity index (χ4v) is 4.51. The lowest BCUT2D eigenvalue weighted by molar-refractivity contribution is 0.0952. The molecular weight excluding hydrogens is 398 g/mol. The van der Waals surface area contributed by atoms with Crippen LogP contribution in [0, 0.1) is 20.8 Å². The van der Waals surface area contributed by atoms with Gasteiger partial charge in [-0.25, -0.2) is 0 Å². The topological polar surface area (TPSA) is 66.9 Å². The monoisotopic (exact) mass is 427 g/mol. The molecule has 0 aliphatic rings. The molecule has 2 N–H and O–H groups in total. The van der Waals surface area contributed by atoms with Gasteiger partial charge in [0.25, 0.3) is 11.5 Å². The molecule has 0 spiro atoms. The standard InChI is InChI=1S/C24H30ClN3O2/c1-7-8-17-9-14(4)27-24(30)20(17)12-26-23(29)19-10-18(25)11-21-22(19)15(5)16(6)28(21)13(2)3/h9-11,13H,7-8,12H2,1-6H3,(H,26,29)(H,27,30). The number of hydrogen-bond acceptors (Lipinski definition) is 2. The number of rotatable bonds is 6. The minimum absolute atomic E-state index is 0.145. The van der Waals surface area contributed by atoms with E-state index < -0.39 is 0 Å². The van der Waals surface area contributed by atoms with E-state index in [9.17, 15) is 9.59 Å². The Morgan fingerprint density at radius 2 is 1.90 bits per heavy atom. The van der Waals surface area contributed by atoms with E-state index in [1.54, 1.807) is 6.07 Å². The number of nitrogens with one attached hydrogen (secondary N) is 2. The first-order valence-electron chi connectivity index (χ1n) is 10.5. The summed E-state index contributed by atoms with van der Waals surface area (Å²) in [6, 6.07) is 5.86. The largest absolute Gasteiger partial charge is 0.348 e. The number of halogens is 1. The summed E-state index contributed by atoms with van der Waals surface area (Å²) in [5, 5.41) is 4.38. The van der Waals surface area contributed by atoms with Gasteiger partial charge < -0.3 is 14.9 Å². The van der Waals surface area contributed by atoms with E-state index in [1.807, 2.05) is 26.0 Å². The van der Waals surface area contributed by atoms with Crippen LogP contribution in [0.15, 0.2) is 23.0 Å². The highest BCUT2D eigenvalue weighted by Crippen LogP contribution is 2.33. The lowest BCUT2D eigenvalue weighted by Crippen LogP contribution is -2.28. The van der Waals surface area contributed by atoms with Crippen molar-refractivity contribution >= 4 is 28.4 Å². The number of aromatic amines is 1. The SMILES string of the molecule is CCCc1cc(C)[nH]c(=O)c1CNC(=O)c1cc(Cl)cc2c1c(C)c(C)n2C(C)C. The Kier molecular flexibility index (Phi) is 6.41. The van der Waals surface area contributed by atoms with Gasteiger partial charge in [0.15, 0.2) is 0 Å². The summed E-state index contributed by atoms with van der Waals surface area (Å²) in [5.74, 6) is -0.228. The zero-order chi connectivity index (χ0) is 22.2. The lowest BCUT2D eigenvalue weighted by atomic mass is 10.0. The number of benzene rings is 1. The average molecular weight is 428 g/mol. The molecule has 2 heterocycles. The predicted octanol–water partition coefficient (Wildman–Crippen LogP) is 5.37. The number of hydrogen-bond donors (Lipinski definition) is 2. The second-order valence-corrected chi connectivity index (χ2v) is 8.68. The van der Waals surface area contributed by atoms with Crippen molar-refractivity contribution in [2.45, 2.75) is 67.0 Å². The number of nitrogens with zero attached hydrogens (tertiary/aromatic N) is 1. The minimum Gasteiger partial charge on any atom is -0.348 e. The third-order valence-corrected chi connectivity index (χ3v) is 5.91. The Bertz CT molecular complexity index is 1170. The van der Waals surface area contributed by atoms with Crippen LogP contribution >= 0.6 is 11.6 Å². The summed E-state index contributed by atoms with van der Waals surface area (Å²) in [6.07, 6.45) is 1.73. The molecule has 0 saturated heterocycles. The Labute approximate surface area is 182 Å². The van der Waals surface area contributed by atoms with Gasteiger partial charge in [-0.1, -0.05) is 24.9 Å². The van der Waals surface area contributed by atoms with E-state index in [2.05, 4.69) is 42.6 Å². The summed E-state index contributed by atoms with van der Waals surface area (Å²) in [5.41, 5.74) is 5.96. The number of amides is 1. The predicted molar refractivity (Wildman–Crippen MR) is 124 cm³/mol. The molecule has 0 atom stereocenters.